The first-order valence-corrected chi connectivity index (χ1v) is 6.79. The number of hydrogen-bond donors (Lipinski definition) is 1. The fourth-order valence-electron chi connectivity index (χ4n) is 1.86. The van der Waals surface area contributed by atoms with Gasteiger partial charge in [0.05, 0.1) is 12.4 Å². The van der Waals surface area contributed by atoms with Crippen molar-refractivity contribution in [1.82, 2.24) is 9.97 Å². The summed E-state index contributed by atoms with van der Waals surface area (Å²) in [5.74, 6) is -3.27. The molecular weight excluding hydrogens is 338 g/mol. The van der Waals surface area contributed by atoms with Gasteiger partial charge in [0, 0.05) is 32.9 Å². The Kier molecular flexibility index (Phi) is 6.86. The maximum Gasteiger partial charge on any atom is 0.490 e. The van der Waals surface area contributed by atoms with E-state index in [2.05, 4.69) is 14.7 Å². The Labute approximate surface area is 134 Å². The van der Waals surface area contributed by atoms with Crippen LogP contribution in [-0.4, -0.2) is 52.4 Å². The van der Waals surface area contributed by atoms with Crippen molar-refractivity contribution in [3.8, 4) is 0 Å². The van der Waals surface area contributed by atoms with Crippen LogP contribution in [0.15, 0.2) is 12.4 Å². The Balaban J connectivity index is 0.000000648. The van der Waals surface area contributed by atoms with E-state index in [0.29, 0.717) is 19.0 Å². The van der Waals surface area contributed by atoms with Crippen LogP contribution in [0, 0.1) is 5.82 Å². The SMILES string of the molecule is CC(=O)O.O=C(OC1CCN(c2ncc(F)cn2)CC1)C(F)(F)F. The predicted octanol–water partition coefficient (Wildman–Crippen LogP) is 1.78. The zero-order chi connectivity index (χ0) is 18.3. The molecule has 1 aromatic rings. The molecule has 7 nitrogen and oxygen atoms in total. The van der Waals surface area contributed by atoms with Crippen LogP contribution in [0.25, 0.3) is 0 Å². The highest BCUT2D eigenvalue weighted by atomic mass is 19.4. The average Bonchev–Trinajstić information content (AvgIpc) is 2.47. The normalized spacial score (nSPS) is 15.3. The van der Waals surface area contributed by atoms with E-state index in [9.17, 15) is 22.4 Å². The van der Waals surface area contributed by atoms with Gasteiger partial charge < -0.3 is 14.7 Å². The highest BCUT2D eigenvalue weighted by Crippen LogP contribution is 2.22. The number of nitrogens with zero attached hydrogens (tertiary/aromatic N) is 3. The topological polar surface area (TPSA) is 92.6 Å². The zero-order valence-electron chi connectivity index (χ0n) is 12.6. The Morgan fingerprint density at radius 3 is 2.12 bits per heavy atom. The average molecular weight is 353 g/mol. The van der Waals surface area contributed by atoms with E-state index in [1.807, 2.05) is 0 Å². The lowest BCUT2D eigenvalue weighted by Crippen LogP contribution is -2.40. The minimum Gasteiger partial charge on any atom is -0.481 e. The molecule has 1 N–H and O–H groups in total. The number of carboxylic acid groups (broad SMARTS) is 1. The molecule has 134 valence electrons. The standard InChI is InChI=1S/C11H11F4N3O2.C2H4O2/c12-7-5-16-10(17-6-7)18-3-1-8(2-4-18)20-9(19)11(13,14)15;1-2(3)4/h5-6,8H,1-4H2;1H3,(H,3,4). The maximum absolute atomic E-state index is 12.7. The van der Waals surface area contributed by atoms with E-state index < -0.39 is 30.0 Å². The van der Waals surface area contributed by atoms with Gasteiger partial charge in [0.25, 0.3) is 5.97 Å². The summed E-state index contributed by atoms with van der Waals surface area (Å²) in [4.78, 5) is 28.9. The van der Waals surface area contributed by atoms with E-state index in [1.54, 1.807) is 4.90 Å². The third-order valence-electron chi connectivity index (χ3n) is 2.84. The van der Waals surface area contributed by atoms with Gasteiger partial charge in [-0.2, -0.15) is 13.2 Å². The van der Waals surface area contributed by atoms with Crippen LogP contribution in [0.2, 0.25) is 0 Å². The number of anilines is 1. The van der Waals surface area contributed by atoms with Crippen LogP contribution in [0.3, 0.4) is 0 Å². The molecule has 0 atom stereocenters. The first kappa shape index (κ1) is 19.6. The highest BCUT2D eigenvalue weighted by Gasteiger charge is 2.42. The smallest absolute Gasteiger partial charge is 0.481 e. The summed E-state index contributed by atoms with van der Waals surface area (Å²) >= 11 is 0. The summed E-state index contributed by atoms with van der Waals surface area (Å²) in [5, 5.41) is 7.42. The lowest BCUT2D eigenvalue weighted by molar-refractivity contribution is -0.205. The maximum atomic E-state index is 12.7. The molecule has 0 radical (unpaired) electrons. The molecule has 0 amide bonds. The molecule has 0 aliphatic carbocycles. The highest BCUT2D eigenvalue weighted by molar-refractivity contribution is 5.75. The third kappa shape index (κ3) is 6.75. The van der Waals surface area contributed by atoms with Gasteiger partial charge in [-0.15, -0.1) is 0 Å². The second-order valence-corrected chi connectivity index (χ2v) is 4.81. The zero-order valence-corrected chi connectivity index (χ0v) is 12.6. The van der Waals surface area contributed by atoms with Gasteiger partial charge >= 0.3 is 12.1 Å². The number of aromatic nitrogens is 2. The molecule has 0 aromatic carbocycles. The first-order chi connectivity index (χ1) is 11.1. The number of carbonyl (C=O) groups is 2. The van der Waals surface area contributed by atoms with Crippen molar-refractivity contribution in [2.45, 2.75) is 32.0 Å². The number of hydrogen-bond acceptors (Lipinski definition) is 6. The van der Waals surface area contributed by atoms with Crippen LogP contribution in [0.1, 0.15) is 19.8 Å². The number of carbonyl (C=O) groups excluding carboxylic acids is 1. The molecule has 1 aromatic heterocycles. The Morgan fingerprint density at radius 2 is 1.71 bits per heavy atom. The number of alkyl halides is 3. The van der Waals surface area contributed by atoms with Gasteiger partial charge in [-0.05, 0) is 0 Å². The van der Waals surface area contributed by atoms with Crippen LogP contribution < -0.4 is 4.90 Å². The monoisotopic (exact) mass is 353 g/mol. The number of piperidine rings is 1. The molecule has 11 heteroatoms. The van der Waals surface area contributed by atoms with Gasteiger partial charge in [-0.3, -0.25) is 4.79 Å². The minimum absolute atomic E-state index is 0.239. The number of ether oxygens (including phenoxy) is 1. The van der Waals surface area contributed by atoms with Gasteiger partial charge in [0.1, 0.15) is 6.10 Å². The number of esters is 1. The van der Waals surface area contributed by atoms with Crippen molar-refractivity contribution in [1.29, 1.82) is 0 Å². The molecule has 2 rings (SSSR count). The van der Waals surface area contributed by atoms with Gasteiger partial charge in [-0.25, -0.2) is 19.2 Å². The molecule has 0 spiro atoms. The largest absolute Gasteiger partial charge is 0.490 e. The van der Waals surface area contributed by atoms with Crippen LogP contribution >= 0.6 is 0 Å². The summed E-state index contributed by atoms with van der Waals surface area (Å²) in [5.41, 5.74) is 0. The number of aliphatic carboxylic acids is 1. The second-order valence-electron chi connectivity index (χ2n) is 4.81. The summed E-state index contributed by atoms with van der Waals surface area (Å²) in [6.45, 7) is 1.75. The van der Waals surface area contributed by atoms with E-state index in [4.69, 9.17) is 9.90 Å². The van der Waals surface area contributed by atoms with Crippen molar-refractivity contribution in [2.24, 2.45) is 0 Å². The minimum atomic E-state index is -4.97. The third-order valence-corrected chi connectivity index (χ3v) is 2.84. The van der Waals surface area contributed by atoms with E-state index >= 15 is 0 Å². The van der Waals surface area contributed by atoms with Crippen LogP contribution in [-0.2, 0) is 14.3 Å². The van der Waals surface area contributed by atoms with Crippen molar-refractivity contribution in [3.63, 3.8) is 0 Å². The first-order valence-electron chi connectivity index (χ1n) is 6.79. The molecule has 1 fully saturated rings. The fourth-order valence-corrected chi connectivity index (χ4v) is 1.86. The van der Waals surface area contributed by atoms with E-state index in [-0.39, 0.29) is 12.8 Å². The molecule has 0 unspecified atom stereocenters. The molecule has 1 aliphatic rings. The van der Waals surface area contributed by atoms with Crippen LogP contribution in [0.5, 0.6) is 0 Å². The summed E-state index contributed by atoms with van der Waals surface area (Å²) in [7, 11) is 0. The second kappa shape index (κ2) is 8.41. The van der Waals surface area contributed by atoms with Crippen molar-refractivity contribution in [3.05, 3.63) is 18.2 Å². The van der Waals surface area contributed by atoms with Crippen molar-refractivity contribution in [2.75, 3.05) is 18.0 Å². The fraction of sp³-hybridized carbons (Fsp3) is 0.538. The quantitative estimate of drug-likeness (QED) is 0.640. The predicted molar refractivity (Wildman–Crippen MR) is 72.7 cm³/mol. The lowest BCUT2D eigenvalue weighted by Gasteiger charge is -2.31. The molecule has 1 saturated heterocycles. The number of halogens is 4. The lowest BCUT2D eigenvalue weighted by atomic mass is 10.1. The molecule has 0 saturated carbocycles. The van der Waals surface area contributed by atoms with Crippen molar-refractivity contribution < 1.29 is 37.0 Å². The number of carboxylic acids is 1. The van der Waals surface area contributed by atoms with Gasteiger partial charge in [0.15, 0.2) is 5.82 Å². The van der Waals surface area contributed by atoms with Crippen molar-refractivity contribution >= 4 is 17.9 Å². The molecule has 0 bridgehead atoms. The van der Waals surface area contributed by atoms with E-state index in [0.717, 1.165) is 19.3 Å². The Bertz CT molecular complexity index is 553. The molecule has 1 aliphatic heterocycles. The van der Waals surface area contributed by atoms with Gasteiger partial charge in [-0.1, -0.05) is 0 Å². The van der Waals surface area contributed by atoms with Gasteiger partial charge in [0.2, 0.25) is 5.95 Å². The van der Waals surface area contributed by atoms with E-state index in [1.165, 1.54) is 0 Å². The summed E-state index contributed by atoms with van der Waals surface area (Å²) < 4.78 is 53.2. The van der Waals surface area contributed by atoms with Crippen LogP contribution in [0.4, 0.5) is 23.5 Å². The molecule has 24 heavy (non-hydrogen) atoms. The summed E-state index contributed by atoms with van der Waals surface area (Å²) in [6.07, 6.45) is -3.25. The Morgan fingerprint density at radius 1 is 1.25 bits per heavy atom. The summed E-state index contributed by atoms with van der Waals surface area (Å²) in [6, 6.07) is 0. The number of rotatable bonds is 2. The molecule has 2 heterocycles. The molecular formula is C13H15F4N3O4. The Hall–Kier alpha value is -2.46.